The molecule has 312 valence electrons. The first-order valence-corrected chi connectivity index (χ1v) is 22.7. The van der Waals surface area contributed by atoms with Gasteiger partial charge in [0.1, 0.15) is 0 Å². The van der Waals surface area contributed by atoms with Gasteiger partial charge >= 0.3 is 0 Å². The van der Waals surface area contributed by atoms with Crippen molar-refractivity contribution in [3.8, 4) is 78.1 Å². The van der Waals surface area contributed by atoms with Crippen molar-refractivity contribution < 1.29 is 0 Å². The average molecular weight is 827 g/mol. The topological polar surface area (TPSA) is 9.86 Å². The largest absolute Gasteiger partial charge is 0.323 e. The van der Waals surface area contributed by atoms with Crippen LogP contribution in [-0.2, 0) is 12.8 Å². The minimum absolute atomic E-state index is 1.14. The van der Waals surface area contributed by atoms with E-state index in [-0.39, 0.29) is 0 Å². The molecule has 0 atom stereocenters. The van der Waals surface area contributed by atoms with Crippen molar-refractivity contribution in [2.75, 3.05) is 0 Å². The summed E-state index contributed by atoms with van der Waals surface area (Å²) in [4.78, 5) is 0. The van der Waals surface area contributed by atoms with Crippen molar-refractivity contribution in [2.45, 2.75) is 39.5 Å². The highest BCUT2D eigenvalue weighted by Crippen LogP contribution is 2.36. The molecule has 0 unspecified atom stereocenters. The molecule has 10 rings (SSSR count). The van der Waals surface area contributed by atoms with E-state index in [2.05, 4.69) is 266 Å². The average Bonchev–Trinajstić information content (AvgIpc) is 4.03. The summed E-state index contributed by atoms with van der Waals surface area (Å²) in [6, 6.07) is 78.1. The van der Waals surface area contributed by atoms with E-state index < -0.39 is 0 Å². The molecule has 0 N–H and O–H groups in total. The minimum Gasteiger partial charge on any atom is -0.323 e. The molecule has 0 aliphatic carbocycles. The van der Waals surface area contributed by atoms with Gasteiger partial charge < -0.3 is 9.13 Å². The lowest BCUT2D eigenvalue weighted by molar-refractivity contribution is 0.922. The van der Waals surface area contributed by atoms with Crippen LogP contribution in [0.15, 0.2) is 243 Å². The monoisotopic (exact) mass is 826 g/mol. The number of rotatable bonds is 12. The first kappa shape index (κ1) is 41.7. The number of hydrogen-bond acceptors (Lipinski definition) is 0. The van der Waals surface area contributed by atoms with Crippen LogP contribution >= 0.6 is 0 Å². The van der Waals surface area contributed by atoms with Gasteiger partial charge in [0, 0.05) is 58.4 Å². The second kappa shape index (κ2) is 20.0. The van der Waals surface area contributed by atoms with E-state index in [0.29, 0.717) is 0 Å². The van der Waals surface area contributed by atoms with Crippen molar-refractivity contribution in [3.05, 3.63) is 254 Å². The summed E-state index contributed by atoms with van der Waals surface area (Å²) in [5.41, 5.74) is 20.0. The molecule has 2 heteroatoms. The highest BCUT2D eigenvalue weighted by Gasteiger charge is 2.14. The third kappa shape index (κ3) is 9.68. The predicted molar refractivity (Wildman–Crippen MR) is 272 cm³/mol. The van der Waals surface area contributed by atoms with E-state index in [1.54, 1.807) is 0 Å². The van der Waals surface area contributed by atoms with Crippen molar-refractivity contribution in [1.82, 2.24) is 9.13 Å². The quantitative estimate of drug-likeness (QED) is 0.116. The standard InChI is InChI=1S/2C31H27N/c2*1-2-9-24-14-16-25(17-15-24)26-18-20-29(21-19-26)32-22-30(27-10-5-3-6-11-27)31(23-32)28-12-7-4-8-13-28/h2*3-8,10-23H,2,9H2,1H3. The Morgan fingerprint density at radius 1 is 0.250 bits per heavy atom. The molecule has 0 saturated heterocycles. The van der Waals surface area contributed by atoms with E-state index in [1.165, 1.54) is 90.7 Å². The van der Waals surface area contributed by atoms with Crippen LogP contribution in [0.2, 0.25) is 0 Å². The number of hydrogen-bond donors (Lipinski definition) is 0. The Balaban J connectivity index is 0.000000162. The van der Waals surface area contributed by atoms with E-state index in [9.17, 15) is 0 Å². The van der Waals surface area contributed by atoms with Crippen LogP contribution in [0.5, 0.6) is 0 Å². The second-order valence-corrected chi connectivity index (χ2v) is 16.4. The van der Waals surface area contributed by atoms with Gasteiger partial charge in [-0.2, -0.15) is 0 Å². The number of benzene rings is 8. The molecular weight excluding hydrogens is 773 g/mol. The third-order valence-electron chi connectivity index (χ3n) is 12.0. The molecule has 2 aromatic heterocycles. The summed E-state index contributed by atoms with van der Waals surface area (Å²) in [7, 11) is 0. The van der Waals surface area contributed by atoms with Gasteiger partial charge in [0.05, 0.1) is 0 Å². The van der Waals surface area contributed by atoms with Gasteiger partial charge in [0.25, 0.3) is 0 Å². The lowest BCUT2D eigenvalue weighted by atomic mass is 9.99. The van der Waals surface area contributed by atoms with Gasteiger partial charge in [0.2, 0.25) is 0 Å². The van der Waals surface area contributed by atoms with Gasteiger partial charge in [-0.15, -0.1) is 0 Å². The maximum Gasteiger partial charge on any atom is 0.0450 e. The molecule has 8 aromatic carbocycles. The second-order valence-electron chi connectivity index (χ2n) is 16.4. The van der Waals surface area contributed by atoms with E-state index in [4.69, 9.17) is 0 Å². The maximum absolute atomic E-state index is 2.25. The van der Waals surface area contributed by atoms with Crippen molar-refractivity contribution in [1.29, 1.82) is 0 Å². The van der Waals surface area contributed by atoms with Crippen molar-refractivity contribution in [3.63, 3.8) is 0 Å². The molecule has 0 spiro atoms. The van der Waals surface area contributed by atoms with E-state index in [1.807, 2.05) is 0 Å². The molecule has 0 bridgehead atoms. The fraction of sp³-hybridized carbons (Fsp3) is 0.0968. The van der Waals surface area contributed by atoms with Crippen LogP contribution in [0, 0.1) is 0 Å². The highest BCUT2D eigenvalue weighted by molar-refractivity contribution is 5.85. The van der Waals surface area contributed by atoms with Crippen LogP contribution in [0.3, 0.4) is 0 Å². The van der Waals surface area contributed by atoms with Crippen LogP contribution in [-0.4, -0.2) is 9.13 Å². The lowest BCUT2D eigenvalue weighted by Gasteiger charge is -2.07. The number of aryl methyl sites for hydroxylation is 2. The maximum atomic E-state index is 2.25. The third-order valence-corrected chi connectivity index (χ3v) is 12.0. The molecule has 0 radical (unpaired) electrons. The Labute approximate surface area is 379 Å². The first-order chi connectivity index (χ1) is 31.6. The summed E-state index contributed by atoms with van der Waals surface area (Å²) in [5, 5.41) is 0. The van der Waals surface area contributed by atoms with Crippen molar-refractivity contribution in [2.24, 2.45) is 0 Å². The van der Waals surface area contributed by atoms with E-state index >= 15 is 0 Å². The summed E-state index contributed by atoms with van der Waals surface area (Å²) in [6.07, 6.45) is 13.6. The first-order valence-electron chi connectivity index (χ1n) is 22.7. The van der Waals surface area contributed by atoms with Gasteiger partial charge in [-0.1, -0.05) is 221 Å². The summed E-state index contributed by atoms with van der Waals surface area (Å²) in [5.74, 6) is 0. The number of aromatic nitrogens is 2. The molecule has 0 fully saturated rings. The van der Waals surface area contributed by atoms with Gasteiger partial charge in [-0.3, -0.25) is 0 Å². The Morgan fingerprint density at radius 3 is 0.719 bits per heavy atom. The van der Waals surface area contributed by atoms with Gasteiger partial charge in [-0.25, -0.2) is 0 Å². The van der Waals surface area contributed by atoms with Crippen LogP contribution in [0.1, 0.15) is 37.8 Å². The summed E-state index contributed by atoms with van der Waals surface area (Å²) in [6.45, 7) is 4.45. The molecule has 0 amide bonds. The Morgan fingerprint density at radius 2 is 0.484 bits per heavy atom. The normalized spacial score (nSPS) is 10.9. The van der Waals surface area contributed by atoms with Crippen LogP contribution in [0.4, 0.5) is 0 Å². The van der Waals surface area contributed by atoms with Gasteiger partial charge in [-0.05, 0) is 92.7 Å². The van der Waals surface area contributed by atoms with Crippen LogP contribution in [0.25, 0.3) is 78.1 Å². The molecule has 10 aromatic rings. The molecule has 0 saturated carbocycles. The molecule has 64 heavy (non-hydrogen) atoms. The molecule has 2 heterocycles. The zero-order valence-corrected chi connectivity index (χ0v) is 36.8. The smallest absolute Gasteiger partial charge is 0.0450 e. The fourth-order valence-corrected chi connectivity index (χ4v) is 8.56. The summed E-state index contributed by atoms with van der Waals surface area (Å²) >= 11 is 0. The molecule has 0 aliphatic heterocycles. The highest BCUT2D eigenvalue weighted by atomic mass is 15.0. The predicted octanol–water partition coefficient (Wildman–Crippen LogP) is 16.9. The Hall–Kier alpha value is -7.68. The minimum atomic E-state index is 1.14. The zero-order valence-electron chi connectivity index (χ0n) is 36.8. The molecule has 2 nitrogen and oxygen atoms in total. The zero-order chi connectivity index (χ0) is 43.5. The molecule has 0 aliphatic rings. The lowest BCUT2D eigenvalue weighted by Crippen LogP contribution is -1.90. The number of nitrogens with zero attached hydrogens (tertiary/aromatic N) is 2. The Kier molecular flexibility index (Phi) is 13.0. The molecular formula is C62H54N2. The van der Waals surface area contributed by atoms with Crippen LogP contribution < -0.4 is 0 Å². The SMILES string of the molecule is CCCc1ccc(-c2ccc(-n3cc(-c4ccccc4)c(-c4ccccc4)c3)cc2)cc1.CCCc1ccc(-c2ccc(-n3cc(-c4ccccc4)c(-c4ccccc4)c3)cc2)cc1. The fourth-order valence-electron chi connectivity index (χ4n) is 8.56. The van der Waals surface area contributed by atoms with Gasteiger partial charge in [0.15, 0.2) is 0 Å². The summed E-state index contributed by atoms with van der Waals surface area (Å²) < 4.78 is 4.47. The van der Waals surface area contributed by atoms with Crippen molar-refractivity contribution >= 4 is 0 Å². The Bertz CT molecular complexity index is 2650. The van der Waals surface area contributed by atoms with E-state index in [0.717, 1.165) is 24.2 Å².